The SMILES string of the molecule is NC(=O)COc1ccc(CNCc2nccs2)cc1. The molecule has 1 heterocycles. The summed E-state index contributed by atoms with van der Waals surface area (Å²) < 4.78 is 5.18. The minimum absolute atomic E-state index is 0.0956. The predicted molar refractivity (Wildman–Crippen MR) is 73.8 cm³/mol. The van der Waals surface area contributed by atoms with Gasteiger partial charge in [0, 0.05) is 24.7 Å². The molecule has 1 aromatic heterocycles. The van der Waals surface area contributed by atoms with Crippen LogP contribution >= 0.6 is 11.3 Å². The zero-order chi connectivity index (χ0) is 13.5. The Morgan fingerprint density at radius 3 is 2.74 bits per heavy atom. The van der Waals surface area contributed by atoms with Gasteiger partial charge in [0.1, 0.15) is 10.8 Å². The molecular formula is C13H15N3O2S. The molecule has 2 aromatic rings. The number of thiazole rings is 1. The fraction of sp³-hybridized carbons (Fsp3) is 0.231. The number of carbonyl (C=O) groups excluding carboxylic acids is 1. The fourth-order valence-corrected chi connectivity index (χ4v) is 2.10. The first kappa shape index (κ1) is 13.5. The number of aromatic nitrogens is 1. The van der Waals surface area contributed by atoms with E-state index < -0.39 is 5.91 Å². The van der Waals surface area contributed by atoms with Crippen molar-refractivity contribution in [3.63, 3.8) is 0 Å². The van der Waals surface area contributed by atoms with Gasteiger partial charge < -0.3 is 15.8 Å². The first-order chi connectivity index (χ1) is 9.24. The smallest absolute Gasteiger partial charge is 0.255 e. The van der Waals surface area contributed by atoms with Crippen LogP contribution in [0.15, 0.2) is 35.8 Å². The summed E-state index contributed by atoms with van der Waals surface area (Å²) in [6.45, 7) is 1.43. The topological polar surface area (TPSA) is 77.2 Å². The van der Waals surface area contributed by atoms with Gasteiger partial charge in [-0.05, 0) is 17.7 Å². The quantitative estimate of drug-likeness (QED) is 0.799. The predicted octanol–water partition coefficient (Wildman–Crippen LogP) is 1.30. The van der Waals surface area contributed by atoms with Gasteiger partial charge in [-0.25, -0.2) is 4.98 Å². The van der Waals surface area contributed by atoms with E-state index in [1.165, 1.54) is 0 Å². The number of amides is 1. The van der Waals surface area contributed by atoms with Crippen molar-refractivity contribution in [1.29, 1.82) is 0 Å². The number of carbonyl (C=O) groups is 1. The molecule has 0 aliphatic carbocycles. The second-order valence-corrected chi connectivity index (χ2v) is 4.91. The van der Waals surface area contributed by atoms with Crippen LogP contribution in [0, 0.1) is 0 Å². The Morgan fingerprint density at radius 2 is 2.11 bits per heavy atom. The molecule has 0 unspecified atom stereocenters. The molecule has 0 spiro atoms. The number of hydrogen-bond donors (Lipinski definition) is 2. The Morgan fingerprint density at radius 1 is 1.32 bits per heavy atom. The van der Waals surface area contributed by atoms with Crippen LogP contribution in [0.4, 0.5) is 0 Å². The maximum atomic E-state index is 10.6. The molecule has 0 bridgehead atoms. The third-order valence-corrected chi connectivity index (χ3v) is 3.17. The largest absolute Gasteiger partial charge is 0.484 e. The number of ether oxygens (including phenoxy) is 1. The summed E-state index contributed by atoms with van der Waals surface area (Å²) >= 11 is 1.63. The minimum Gasteiger partial charge on any atom is -0.484 e. The van der Waals surface area contributed by atoms with Crippen LogP contribution in [0.3, 0.4) is 0 Å². The molecule has 5 nitrogen and oxygen atoms in total. The Labute approximate surface area is 115 Å². The van der Waals surface area contributed by atoms with Gasteiger partial charge in [-0.1, -0.05) is 12.1 Å². The highest BCUT2D eigenvalue weighted by Gasteiger charge is 1.99. The molecule has 0 saturated heterocycles. The van der Waals surface area contributed by atoms with Crippen LogP contribution in [0.2, 0.25) is 0 Å². The average Bonchev–Trinajstić information content (AvgIpc) is 2.91. The highest BCUT2D eigenvalue weighted by atomic mass is 32.1. The molecule has 1 aromatic carbocycles. The van der Waals surface area contributed by atoms with E-state index in [2.05, 4.69) is 10.3 Å². The Hall–Kier alpha value is -1.92. The summed E-state index contributed by atoms with van der Waals surface area (Å²) in [5.41, 5.74) is 6.15. The van der Waals surface area contributed by atoms with Crippen molar-refractivity contribution in [3.05, 3.63) is 46.4 Å². The highest BCUT2D eigenvalue weighted by Crippen LogP contribution is 2.12. The van der Waals surface area contributed by atoms with Crippen LogP contribution in [0.1, 0.15) is 10.6 Å². The molecule has 0 aliphatic heterocycles. The van der Waals surface area contributed by atoms with E-state index in [-0.39, 0.29) is 6.61 Å². The first-order valence-electron chi connectivity index (χ1n) is 5.83. The zero-order valence-corrected chi connectivity index (χ0v) is 11.2. The molecular weight excluding hydrogens is 262 g/mol. The molecule has 0 radical (unpaired) electrons. The number of primary amides is 1. The lowest BCUT2D eigenvalue weighted by molar-refractivity contribution is -0.119. The maximum absolute atomic E-state index is 10.6. The first-order valence-corrected chi connectivity index (χ1v) is 6.71. The minimum atomic E-state index is -0.478. The number of benzene rings is 1. The second kappa shape index (κ2) is 6.86. The molecule has 0 saturated carbocycles. The molecule has 0 fully saturated rings. The molecule has 1 amide bonds. The monoisotopic (exact) mass is 277 g/mol. The molecule has 100 valence electrons. The van der Waals surface area contributed by atoms with Gasteiger partial charge >= 0.3 is 0 Å². The third-order valence-electron chi connectivity index (χ3n) is 2.39. The van der Waals surface area contributed by atoms with E-state index in [0.717, 1.165) is 23.7 Å². The summed E-state index contributed by atoms with van der Waals surface area (Å²) in [5.74, 6) is 0.164. The van der Waals surface area contributed by atoms with Crippen LogP contribution in [0.25, 0.3) is 0 Å². The number of hydrogen-bond acceptors (Lipinski definition) is 5. The second-order valence-electron chi connectivity index (χ2n) is 3.93. The van der Waals surface area contributed by atoms with E-state index in [9.17, 15) is 4.79 Å². The number of nitrogens with zero attached hydrogens (tertiary/aromatic N) is 1. The van der Waals surface area contributed by atoms with E-state index in [1.807, 2.05) is 29.6 Å². The maximum Gasteiger partial charge on any atom is 0.255 e. The number of nitrogens with two attached hydrogens (primary N) is 1. The highest BCUT2D eigenvalue weighted by molar-refractivity contribution is 7.09. The number of nitrogens with one attached hydrogen (secondary N) is 1. The standard InChI is InChI=1S/C13H15N3O2S/c14-12(17)9-18-11-3-1-10(2-4-11)7-15-8-13-16-5-6-19-13/h1-6,15H,7-9H2,(H2,14,17). The molecule has 0 aliphatic rings. The van der Waals surface area contributed by atoms with E-state index in [4.69, 9.17) is 10.5 Å². The van der Waals surface area contributed by atoms with Crippen LogP contribution in [-0.2, 0) is 17.9 Å². The van der Waals surface area contributed by atoms with Crippen LogP contribution < -0.4 is 15.8 Å². The molecule has 2 rings (SSSR count). The van der Waals surface area contributed by atoms with Crippen molar-refractivity contribution < 1.29 is 9.53 Å². The summed E-state index contributed by atoms with van der Waals surface area (Å²) in [7, 11) is 0. The fourth-order valence-electron chi connectivity index (χ4n) is 1.51. The summed E-state index contributed by atoms with van der Waals surface area (Å²) in [5, 5.41) is 6.34. The van der Waals surface area contributed by atoms with Crippen LogP contribution in [0.5, 0.6) is 5.75 Å². The van der Waals surface area contributed by atoms with E-state index >= 15 is 0 Å². The van der Waals surface area contributed by atoms with Gasteiger partial charge in [-0.3, -0.25) is 4.79 Å². The van der Waals surface area contributed by atoms with E-state index in [0.29, 0.717) is 5.75 Å². The van der Waals surface area contributed by atoms with Crippen molar-refractivity contribution in [2.45, 2.75) is 13.1 Å². The summed E-state index contributed by atoms with van der Waals surface area (Å²) in [6, 6.07) is 7.54. The van der Waals surface area contributed by atoms with Gasteiger partial charge in [0.15, 0.2) is 6.61 Å². The summed E-state index contributed by atoms with van der Waals surface area (Å²) in [6.07, 6.45) is 1.80. The lowest BCUT2D eigenvalue weighted by Gasteiger charge is -2.06. The lowest BCUT2D eigenvalue weighted by atomic mass is 10.2. The average molecular weight is 277 g/mol. The normalized spacial score (nSPS) is 10.3. The Kier molecular flexibility index (Phi) is 4.88. The van der Waals surface area contributed by atoms with Crippen molar-refractivity contribution in [2.75, 3.05) is 6.61 Å². The Bertz CT molecular complexity index is 511. The number of rotatable bonds is 7. The van der Waals surface area contributed by atoms with Crippen molar-refractivity contribution in [3.8, 4) is 5.75 Å². The van der Waals surface area contributed by atoms with Gasteiger partial charge in [0.25, 0.3) is 5.91 Å². The molecule has 6 heteroatoms. The molecule has 0 atom stereocenters. The van der Waals surface area contributed by atoms with Crippen molar-refractivity contribution in [2.24, 2.45) is 5.73 Å². The Balaban J connectivity index is 1.76. The molecule has 19 heavy (non-hydrogen) atoms. The van der Waals surface area contributed by atoms with Crippen molar-refractivity contribution >= 4 is 17.2 Å². The van der Waals surface area contributed by atoms with Crippen LogP contribution in [-0.4, -0.2) is 17.5 Å². The van der Waals surface area contributed by atoms with Crippen molar-refractivity contribution in [1.82, 2.24) is 10.3 Å². The summed E-state index contributed by atoms with van der Waals surface area (Å²) in [4.78, 5) is 14.8. The third kappa shape index (κ3) is 4.69. The van der Waals surface area contributed by atoms with Gasteiger partial charge in [-0.15, -0.1) is 11.3 Å². The zero-order valence-electron chi connectivity index (χ0n) is 10.3. The lowest BCUT2D eigenvalue weighted by Crippen LogP contribution is -2.20. The van der Waals surface area contributed by atoms with Gasteiger partial charge in [0.2, 0.25) is 0 Å². The molecule has 3 N–H and O–H groups in total. The van der Waals surface area contributed by atoms with Gasteiger partial charge in [-0.2, -0.15) is 0 Å². The van der Waals surface area contributed by atoms with Gasteiger partial charge in [0.05, 0.1) is 0 Å². The van der Waals surface area contributed by atoms with E-state index in [1.54, 1.807) is 17.5 Å².